The summed E-state index contributed by atoms with van der Waals surface area (Å²) >= 11 is 0. The number of ether oxygens (including phenoxy) is 1. The maximum absolute atomic E-state index is 11.7. The van der Waals surface area contributed by atoms with Crippen LogP contribution in [-0.4, -0.2) is 34.8 Å². The molecule has 0 aliphatic rings. The first-order valence-corrected chi connectivity index (χ1v) is 5.56. The van der Waals surface area contributed by atoms with Crippen LogP contribution in [0.25, 0.3) is 0 Å². The summed E-state index contributed by atoms with van der Waals surface area (Å²) < 4.78 is 5.44. The van der Waals surface area contributed by atoms with E-state index in [4.69, 9.17) is 9.84 Å². The maximum atomic E-state index is 11.7. The van der Waals surface area contributed by atoms with Crippen LogP contribution in [0.1, 0.15) is 31.1 Å². The fourth-order valence-corrected chi connectivity index (χ4v) is 1.23. The van der Waals surface area contributed by atoms with Crippen molar-refractivity contribution in [2.45, 2.75) is 32.9 Å². The minimum atomic E-state index is -0.280. The topological polar surface area (TPSA) is 71.5 Å². The number of aliphatic hydroxyl groups excluding tert-OH is 1. The number of carbonyl (C=O) groups is 1. The van der Waals surface area contributed by atoms with Crippen molar-refractivity contribution in [1.82, 2.24) is 10.3 Å². The first kappa shape index (κ1) is 13.4. The van der Waals surface area contributed by atoms with Crippen LogP contribution in [0, 0.1) is 0 Å². The summed E-state index contributed by atoms with van der Waals surface area (Å²) in [5, 5.41) is 11.5. The summed E-state index contributed by atoms with van der Waals surface area (Å²) in [7, 11) is 0. The molecule has 0 saturated carbocycles. The van der Waals surface area contributed by atoms with Crippen molar-refractivity contribution in [3.8, 4) is 5.75 Å². The zero-order valence-corrected chi connectivity index (χ0v) is 10.3. The Labute approximate surface area is 101 Å². The highest BCUT2D eigenvalue weighted by molar-refractivity contribution is 5.94. The van der Waals surface area contributed by atoms with E-state index in [2.05, 4.69) is 10.3 Å². The zero-order chi connectivity index (χ0) is 12.8. The Morgan fingerprint density at radius 3 is 2.76 bits per heavy atom. The lowest BCUT2D eigenvalue weighted by atomic mass is 10.2. The summed E-state index contributed by atoms with van der Waals surface area (Å²) in [5.41, 5.74) is 0.420. The Hall–Kier alpha value is -1.62. The minimum absolute atomic E-state index is 0.0338. The molecular formula is C12H18N2O3. The van der Waals surface area contributed by atoms with Crippen LogP contribution in [0.5, 0.6) is 5.75 Å². The summed E-state index contributed by atoms with van der Waals surface area (Å²) in [4.78, 5) is 15.7. The van der Waals surface area contributed by atoms with E-state index in [1.807, 2.05) is 13.8 Å². The van der Waals surface area contributed by atoms with Gasteiger partial charge in [0.2, 0.25) is 0 Å². The van der Waals surface area contributed by atoms with Gasteiger partial charge in [0.25, 0.3) is 5.91 Å². The summed E-state index contributed by atoms with van der Waals surface area (Å²) in [5.74, 6) is 0.289. The Kier molecular flexibility index (Phi) is 4.90. The van der Waals surface area contributed by atoms with E-state index in [-0.39, 0.29) is 24.7 Å². The van der Waals surface area contributed by atoms with Gasteiger partial charge in [0.15, 0.2) is 0 Å². The van der Waals surface area contributed by atoms with Crippen molar-refractivity contribution < 1.29 is 14.6 Å². The third-order valence-corrected chi connectivity index (χ3v) is 2.00. The first-order chi connectivity index (χ1) is 8.02. The predicted molar refractivity (Wildman–Crippen MR) is 64.0 cm³/mol. The molecular weight excluding hydrogens is 220 g/mol. The molecule has 0 aliphatic heterocycles. The molecule has 5 heteroatoms. The lowest BCUT2D eigenvalue weighted by molar-refractivity contribution is 0.0921. The lowest BCUT2D eigenvalue weighted by Gasteiger charge is -2.12. The highest BCUT2D eigenvalue weighted by Crippen LogP contribution is 2.12. The van der Waals surface area contributed by atoms with Crippen LogP contribution in [0.15, 0.2) is 18.5 Å². The highest BCUT2D eigenvalue weighted by atomic mass is 16.5. The Morgan fingerprint density at radius 1 is 1.47 bits per heavy atom. The number of carbonyl (C=O) groups excluding carboxylic acids is 1. The largest absolute Gasteiger partial charge is 0.489 e. The van der Waals surface area contributed by atoms with Gasteiger partial charge in [0.1, 0.15) is 5.75 Å². The fourth-order valence-electron chi connectivity index (χ4n) is 1.23. The van der Waals surface area contributed by atoms with Gasteiger partial charge in [-0.3, -0.25) is 9.78 Å². The molecule has 1 atom stereocenters. The monoisotopic (exact) mass is 238 g/mol. The molecule has 94 valence electrons. The van der Waals surface area contributed by atoms with Crippen molar-refractivity contribution in [3.05, 3.63) is 24.0 Å². The van der Waals surface area contributed by atoms with E-state index >= 15 is 0 Å². The second-order valence-electron chi connectivity index (χ2n) is 4.13. The van der Waals surface area contributed by atoms with Gasteiger partial charge < -0.3 is 15.2 Å². The smallest absolute Gasteiger partial charge is 0.253 e. The van der Waals surface area contributed by atoms with E-state index in [0.717, 1.165) is 0 Å². The summed E-state index contributed by atoms with van der Waals surface area (Å²) in [6.07, 6.45) is 3.06. The van der Waals surface area contributed by atoms with Gasteiger partial charge in [-0.15, -0.1) is 0 Å². The SMILES string of the molecule is CC(CO)NC(=O)c1cncc(OC(C)C)c1. The highest BCUT2D eigenvalue weighted by Gasteiger charge is 2.10. The lowest BCUT2D eigenvalue weighted by Crippen LogP contribution is -2.35. The number of pyridine rings is 1. The fraction of sp³-hybridized carbons (Fsp3) is 0.500. The second-order valence-corrected chi connectivity index (χ2v) is 4.13. The number of hydrogen-bond acceptors (Lipinski definition) is 4. The zero-order valence-electron chi connectivity index (χ0n) is 10.3. The summed E-state index contributed by atoms with van der Waals surface area (Å²) in [6, 6.07) is 1.35. The molecule has 1 heterocycles. The van der Waals surface area contributed by atoms with Gasteiger partial charge >= 0.3 is 0 Å². The van der Waals surface area contributed by atoms with Crippen molar-refractivity contribution in [3.63, 3.8) is 0 Å². The maximum Gasteiger partial charge on any atom is 0.253 e. The second kappa shape index (κ2) is 6.20. The minimum Gasteiger partial charge on any atom is -0.489 e. The molecule has 1 aromatic rings. The molecule has 0 fully saturated rings. The third kappa shape index (κ3) is 4.40. The van der Waals surface area contributed by atoms with Gasteiger partial charge in [-0.25, -0.2) is 0 Å². The first-order valence-electron chi connectivity index (χ1n) is 5.56. The third-order valence-electron chi connectivity index (χ3n) is 2.00. The molecule has 1 aromatic heterocycles. The van der Waals surface area contributed by atoms with Crippen molar-refractivity contribution >= 4 is 5.91 Å². The number of rotatable bonds is 5. The van der Waals surface area contributed by atoms with Crippen LogP contribution in [-0.2, 0) is 0 Å². The standard InChI is InChI=1S/C12H18N2O3/c1-8(2)17-11-4-10(5-13-6-11)12(16)14-9(3)7-15/h4-6,8-9,15H,7H2,1-3H3,(H,14,16). The van der Waals surface area contributed by atoms with Crippen LogP contribution in [0.2, 0.25) is 0 Å². The van der Waals surface area contributed by atoms with Crippen molar-refractivity contribution in [2.75, 3.05) is 6.61 Å². The molecule has 1 unspecified atom stereocenters. The average Bonchev–Trinajstić information content (AvgIpc) is 2.28. The Morgan fingerprint density at radius 2 is 2.18 bits per heavy atom. The van der Waals surface area contributed by atoms with Crippen LogP contribution < -0.4 is 10.1 Å². The number of hydrogen-bond donors (Lipinski definition) is 2. The molecule has 0 saturated heterocycles. The Bertz CT molecular complexity index is 380. The van der Waals surface area contributed by atoms with E-state index in [0.29, 0.717) is 11.3 Å². The van der Waals surface area contributed by atoms with Gasteiger partial charge in [-0.1, -0.05) is 0 Å². The van der Waals surface area contributed by atoms with Crippen LogP contribution in [0.3, 0.4) is 0 Å². The molecule has 5 nitrogen and oxygen atoms in total. The number of nitrogens with zero attached hydrogens (tertiary/aromatic N) is 1. The molecule has 0 spiro atoms. The molecule has 1 amide bonds. The van der Waals surface area contributed by atoms with E-state index in [1.54, 1.807) is 19.2 Å². The van der Waals surface area contributed by atoms with Crippen LogP contribution in [0.4, 0.5) is 0 Å². The normalized spacial score (nSPS) is 12.3. The van der Waals surface area contributed by atoms with Crippen LogP contribution >= 0.6 is 0 Å². The van der Waals surface area contributed by atoms with E-state index < -0.39 is 0 Å². The number of aromatic nitrogens is 1. The van der Waals surface area contributed by atoms with Gasteiger partial charge in [0.05, 0.1) is 24.5 Å². The van der Waals surface area contributed by atoms with Gasteiger partial charge in [0, 0.05) is 12.2 Å². The number of aliphatic hydroxyl groups is 1. The quantitative estimate of drug-likeness (QED) is 0.802. The predicted octanol–water partition coefficient (Wildman–Crippen LogP) is 0.979. The molecule has 0 radical (unpaired) electrons. The molecule has 2 N–H and O–H groups in total. The molecule has 0 aromatic carbocycles. The Balaban J connectivity index is 2.73. The molecule has 17 heavy (non-hydrogen) atoms. The van der Waals surface area contributed by atoms with E-state index in [9.17, 15) is 4.79 Å². The van der Waals surface area contributed by atoms with Gasteiger partial charge in [-0.2, -0.15) is 0 Å². The summed E-state index contributed by atoms with van der Waals surface area (Å²) in [6.45, 7) is 5.43. The molecule has 0 bridgehead atoms. The molecule has 0 aliphatic carbocycles. The number of nitrogens with one attached hydrogen (secondary N) is 1. The van der Waals surface area contributed by atoms with Crippen molar-refractivity contribution in [1.29, 1.82) is 0 Å². The number of amides is 1. The van der Waals surface area contributed by atoms with E-state index in [1.165, 1.54) is 6.20 Å². The van der Waals surface area contributed by atoms with Crippen molar-refractivity contribution in [2.24, 2.45) is 0 Å². The molecule has 1 rings (SSSR count). The van der Waals surface area contributed by atoms with Gasteiger partial charge in [-0.05, 0) is 26.8 Å². The average molecular weight is 238 g/mol.